The van der Waals surface area contributed by atoms with Gasteiger partial charge in [-0.3, -0.25) is 14.5 Å². The van der Waals surface area contributed by atoms with Crippen molar-refractivity contribution in [2.75, 3.05) is 44.5 Å². The Morgan fingerprint density at radius 3 is 2.13 bits per heavy atom. The van der Waals surface area contributed by atoms with Gasteiger partial charge in [-0.2, -0.15) is 0 Å². The van der Waals surface area contributed by atoms with Gasteiger partial charge in [-0.15, -0.1) is 0 Å². The summed E-state index contributed by atoms with van der Waals surface area (Å²) in [7, 11) is 2.99. The van der Waals surface area contributed by atoms with E-state index < -0.39 is 0 Å². The van der Waals surface area contributed by atoms with Crippen molar-refractivity contribution in [2.45, 2.75) is 20.3 Å². The average Bonchev–Trinajstić information content (AvgIpc) is 2.70. The summed E-state index contributed by atoms with van der Waals surface area (Å²) in [4.78, 5) is 26.9. The minimum absolute atomic E-state index is 0.0587. The Hall–Kier alpha value is -2.77. The van der Waals surface area contributed by atoms with Crippen LogP contribution in [0.4, 0.5) is 11.4 Å². The number of benzene rings is 2. The van der Waals surface area contributed by atoms with Crippen molar-refractivity contribution in [3.63, 3.8) is 0 Å². The predicted molar refractivity (Wildman–Crippen MR) is 120 cm³/mol. The molecule has 0 heterocycles. The zero-order valence-corrected chi connectivity index (χ0v) is 18.5. The number of rotatable bonds is 10. The second-order valence-corrected chi connectivity index (χ2v) is 7.22. The van der Waals surface area contributed by atoms with Crippen LogP contribution in [-0.2, 0) is 9.59 Å². The summed E-state index contributed by atoms with van der Waals surface area (Å²) in [5.41, 5.74) is 2.19. The number of aryl methyl sites for hydroxylation is 1. The molecule has 2 rings (SSSR count). The van der Waals surface area contributed by atoms with E-state index in [9.17, 15) is 9.59 Å². The molecule has 0 radical (unpaired) electrons. The van der Waals surface area contributed by atoms with Gasteiger partial charge in [-0.05, 0) is 31.5 Å². The quantitative estimate of drug-likeness (QED) is 0.593. The van der Waals surface area contributed by atoms with E-state index >= 15 is 0 Å². The summed E-state index contributed by atoms with van der Waals surface area (Å²) in [5.74, 6) is 0.412. The maximum absolute atomic E-state index is 12.6. The van der Waals surface area contributed by atoms with Crippen LogP contribution >= 0.6 is 11.6 Å². The van der Waals surface area contributed by atoms with Crippen LogP contribution in [-0.4, -0.2) is 50.6 Å². The summed E-state index contributed by atoms with van der Waals surface area (Å²) < 4.78 is 10.5. The molecule has 2 aromatic carbocycles. The summed E-state index contributed by atoms with van der Waals surface area (Å²) >= 11 is 6.11. The largest absolute Gasteiger partial charge is 0.495 e. The van der Waals surface area contributed by atoms with Crippen LogP contribution in [0.1, 0.15) is 18.9 Å². The normalized spacial score (nSPS) is 10.6. The average molecular weight is 434 g/mol. The van der Waals surface area contributed by atoms with Crippen molar-refractivity contribution in [3.8, 4) is 11.5 Å². The molecule has 2 amide bonds. The molecule has 0 unspecified atom stereocenters. The molecule has 0 aliphatic carbocycles. The van der Waals surface area contributed by atoms with Gasteiger partial charge in [0.1, 0.15) is 11.5 Å². The summed E-state index contributed by atoms with van der Waals surface area (Å²) in [5, 5.41) is 6.09. The maximum atomic E-state index is 12.6. The fourth-order valence-corrected chi connectivity index (χ4v) is 3.22. The second kappa shape index (κ2) is 11.4. The van der Waals surface area contributed by atoms with Crippen molar-refractivity contribution in [2.24, 2.45) is 0 Å². The van der Waals surface area contributed by atoms with Crippen molar-refractivity contribution in [1.29, 1.82) is 0 Å². The highest BCUT2D eigenvalue weighted by Crippen LogP contribution is 2.35. The molecule has 0 fully saturated rings. The number of para-hydroxylation sites is 1. The highest BCUT2D eigenvalue weighted by Gasteiger charge is 2.17. The first kappa shape index (κ1) is 23.5. The van der Waals surface area contributed by atoms with E-state index in [-0.39, 0.29) is 24.9 Å². The van der Waals surface area contributed by atoms with Crippen molar-refractivity contribution in [3.05, 3.63) is 47.0 Å². The molecule has 0 spiro atoms. The first-order chi connectivity index (χ1) is 14.4. The van der Waals surface area contributed by atoms with E-state index in [1.807, 2.05) is 38.1 Å². The van der Waals surface area contributed by atoms with Crippen LogP contribution in [0.25, 0.3) is 0 Å². The molecule has 30 heavy (non-hydrogen) atoms. The van der Waals surface area contributed by atoms with E-state index in [0.717, 1.165) is 17.7 Å². The number of carbonyl (C=O) groups is 2. The third-order valence-corrected chi connectivity index (χ3v) is 4.74. The van der Waals surface area contributed by atoms with Gasteiger partial charge in [0, 0.05) is 17.8 Å². The van der Waals surface area contributed by atoms with Crippen molar-refractivity contribution < 1.29 is 19.1 Å². The van der Waals surface area contributed by atoms with Gasteiger partial charge in [0.2, 0.25) is 11.8 Å². The Kier molecular flexibility index (Phi) is 8.95. The van der Waals surface area contributed by atoms with Gasteiger partial charge in [-0.1, -0.05) is 36.7 Å². The third kappa shape index (κ3) is 6.64. The van der Waals surface area contributed by atoms with Crippen LogP contribution < -0.4 is 20.1 Å². The zero-order chi connectivity index (χ0) is 22.1. The third-order valence-electron chi connectivity index (χ3n) is 4.44. The molecule has 162 valence electrons. The fourth-order valence-electron chi connectivity index (χ4n) is 2.99. The molecule has 0 saturated carbocycles. The maximum Gasteiger partial charge on any atom is 0.238 e. The topological polar surface area (TPSA) is 79.9 Å². The summed E-state index contributed by atoms with van der Waals surface area (Å²) in [6, 6.07) is 10.8. The smallest absolute Gasteiger partial charge is 0.238 e. The Morgan fingerprint density at radius 1 is 0.967 bits per heavy atom. The van der Waals surface area contributed by atoms with Gasteiger partial charge in [-0.25, -0.2) is 0 Å². The van der Waals surface area contributed by atoms with Crippen LogP contribution in [0.3, 0.4) is 0 Å². The molecule has 0 atom stereocenters. The zero-order valence-electron chi connectivity index (χ0n) is 17.8. The number of nitrogens with one attached hydrogen (secondary N) is 2. The molecule has 2 N–H and O–H groups in total. The number of hydrogen-bond acceptors (Lipinski definition) is 5. The molecule has 0 aromatic heterocycles. The summed E-state index contributed by atoms with van der Waals surface area (Å²) in [6.07, 6.45) is 0.809. The first-order valence-corrected chi connectivity index (χ1v) is 10.0. The highest BCUT2D eigenvalue weighted by molar-refractivity contribution is 6.32. The number of anilines is 2. The van der Waals surface area contributed by atoms with Crippen LogP contribution in [0, 0.1) is 6.92 Å². The number of amides is 2. The van der Waals surface area contributed by atoms with Gasteiger partial charge < -0.3 is 20.1 Å². The van der Waals surface area contributed by atoms with Gasteiger partial charge in [0.25, 0.3) is 0 Å². The van der Waals surface area contributed by atoms with Crippen LogP contribution in [0.5, 0.6) is 11.5 Å². The van der Waals surface area contributed by atoms with Crippen molar-refractivity contribution >= 4 is 34.8 Å². The number of carbonyl (C=O) groups excluding carboxylic acids is 2. The minimum Gasteiger partial charge on any atom is -0.495 e. The lowest BCUT2D eigenvalue weighted by Gasteiger charge is -2.21. The Morgan fingerprint density at radius 2 is 1.57 bits per heavy atom. The van der Waals surface area contributed by atoms with Crippen molar-refractivity contribution in [1.82, 2.24) is 4.90 Å². The number of halogens is 1. The Labute approximate surface area is 182 Å². The van der Waals surface area contributed by atoms with E-state index in [0.29, 0.717) is 28.8 Å². The second-order valence-electron chi connectivity index (χ2n) is 6.81. The number of nitrogens with zero attached hydrogens (tertiary/aromatic N) is 1. The molecule has 8 heteroatoms. The molecule has 0 aliphatic rings. The molecular weight excluding hydrogens is 406 g/mol. The molecule has 2 aromatic rings. The molecule has 0 aliphatic heterocycles. The molecule has 0 saturated heterocycles. The lowest BCUT2D eigenvalue weighted by Crippen LogP contribution is -2.39. The standard InChI is InChI=1S/C22H28ClN3O4/c1-5-10-26(13-21(27)24-17-9-7-6-8-15(17)2)14-22(28)25-18-12-19(29-3)16(23)11-20(18)30-4/h6-9,11-12H,5,10,13-14H2,1-4H3,(H,24,27)(H,25,28). The van der Waals surface area contributed by atoms with E-state index in [1.165, 1.54) is 14.2 Å². The molecule has 0 bridgehead atoms. The molecule has 7 nitrogen and oxygen atoms in total. The van der Waals surface area contributed by atoms with Gasteiger partial charge in [0.15, 0.2) is 0 Å². The SMILES string of the molecule is CCCN(CC(=O)Nc1ccccc1C)CC(=O)Nc1cc(OC)c(Cl)cc1OC. The molecular formula is C22H28ClN3O4. The Balaban J connectivity index is 2.03. The number of methoxy groups -OCH3 is 2. The lowest BCUT2D eigenvalue weighted by atomic mass is 10.2. The number of hydrogen-bond donors (Lipinski definition) is 2. The highest BCUT2D eigenvalue weighted by atomic mass is 35.5. The van der Waals surface area contributed by atoms with E-state index in [2.05, 4.69) is 10.6 Å². The lowest BCUT2D eigenvalue weighted by molar-refractivity contribution is -0.120. The van der Waals surface area contributed by atoms with E-state index in [1.54, 1.807) is 17.0 Å². The minimum atomic E-state index is -0.269. The Bertz CT molecular complexity index is 889. The van der Waals surface area contributed by atoms with Gasteiger partial charge in [0.05, 0.1) is 38.0 Å². The number of ether oxygens (including phenoxy) is 2. The van der Waals surface area contributed by atoms with Crippen LogP contribution in [0.2, 0.25) is 5.02 Å². The van der Waals surface area contributed by atoms with Crippen LogP contribution in [0.15, 0.2) is 36.4 Å². The first-order valence-electron chi connectivity index (χ1n) is 9.67. The monoisotopic (exact) mass is 433 g/mol. The predicted octanol–water partition coefficient (Wildman–Crippen LogP) is 3.95. The summed E-state index contributed by atoms with van der Waals surface area (Å²) in [6.45, 7) is 4.70. The van der Waals surface area contributed by atoms with Gasteiger partial charge >= 0.3 is 0 Å². The fraction of sp³-hybridized carbons (Fsp3) is 0.364. The van der Waals surface area contributed by atoms with E-state index in [4.69, 9.17) is 21.1 Å².